The van der Waals surface area contributed by atoms with E-state index in [4.69, 9.17) is 50.2 Å². The highest BCUT2D eigenvalue weighted by Crippen LogP contribution is 1.96. The number of hydrogen-bond acceptors (Lipinski definition) is 11. The molecule has 0 heterocycles. The lowest BCUT2D eigenvalue weighted by atomic mass is 10.4. The first-order chi connectivity index (χ1) is 17.8. The highest BCUT2D eigenvalue weighted by molar-refractivity contribution is 6.67. The Morgan fingerprint density at radius 1 is 0.658 bits per heavy atom. The smallest absolute Gasteiger partial charge is 0.333 e. The van der Waals surface area contributed by atoms with E-state index in [2.05, 4.69) is 19.7 Å². The minimum Gasteiger partial charge on any atom is -0.460 e. The Morgan fingerprint density at radius 3 is 1.39 bits per heavy atom. The van der Waals surface area contributed by atoms with Crippen molar-refractivity contribution >= 4 is 28.8 Å². The Balaban J connectivity index is -0.000000596. The van der Waals surface area contributed by atoms with Gasteiger partial charge in [0.1, 0.15) is 13.2 Å². The summed E-state index contributed by atoms with van der Waals surface area (Å²) in [5.41, 5.74) is 1.10. The topological polar surface area (TPSA) is 147 Å². The summed E-state index contributed by atoms with van der Waals surface area (Å²) in [5.74, 6) is -0.857. The van der Waals surface area contributed by atoms with Crippen molar-refractivity contribution < 1.29 is 53.0 Å². The van der Waals surface area contributed by atoms with Crippen molar-refractivity contribution in [2.45, 2.75) is 46.8 Å². The van der Waals surface area contributed by atoms with E-state index in [1.165, 1.54) is 0 Å². The van der Waals surface area contributed by atoms with E-state index in [0.717, 1.165) is 0 Å². The van der Waals surface area contributed by atoms with Crippen molar-refractivity contribution in [2.75, 3.05) is 66.1 Å². The zero-order valence-corrected chi connectivity index (χ0v) is 24.0. The third-order valence-electron chi connectivity index (χ3n) is 3.65. The Morgan fingerprint density at radius 2 is 1.03 bits per heavy atom. The molecule has 0 aliphatic rings. The minimum absolute atomic E-state index is 0.0197. The maximum atomic E-state index is 11.1. The molecule has 38 heavy (non-hydrogen) atoms. The first-order valence-electron chi connectivity index (χ1n) is 11.9. The zero-order valence-electron chi connectivity index (χ0n) is 23.3. The summed E-state index contributed by atoms with van der Waals surface area (Å²) in [6.45, 7) is 21.1. The van der Waals surface area contributed by atoms with Crippen LogP contribution in [-0.2, 0) is 42.8 Å². The van der Waals surface area contributed by atoms with Gasteiger partial charge in [-0.15, -0.1) is 0 Å². The maximum Gasteiger partial charge on any atom is 0.333 e. The van der Waals surface area contributed by atoms with Crippen LogP contribution in [0.1, 0.15) is 34.6 Å². The molecule has 0 aromatic carbocycles. The molecule has 0 amide bonds. The fourth-order valence-electron chi connectivity index (χ4n) is 1.74. The third-order valence-corrected chi connectivity index (χ3v) is 3.97. The second kappa shape index (κ2) is 27.9. The van der Waals surface area contributed by atoms with Crippen LogP contribution >= 0.6 is 11.6 Å². The number of aliphatic hydroxyl groups is 2. The van der Waals surface area contributed by atoms with Crippen LogP contribution in [0, 0.1) is 0 Å². The fraction of sp³-hybridized carbons (Fsp3) is 0.654. The van der Waals surface area contributed by atoms with Crippen LogP contribution in [0.15, 0.2) is 36.5 Å². The van der Waals surface area contributed by atoms with Crippen molar-refractivity contribution in [3.8, 4) is 0 Å². The van der Waals surface area contributed by atoms with Gasteiger partial charge in [-0.05, 0) is 46.2 Å². The average Bonchev–Trinajstić information content (AvgIpc) is 2.85. The Labute approximate surface area is 231 Å². The second-order valence-electron chi connectivity index (χ2n) is 7.85. The molecule has 2 unspecified atom stereocenters. The molecule has 0 radical (unpaired) electrons. The van der Waals surface area contributed by atoms with E-state index < -0.39 is 17.2 Å². The number of ether oxygens (including phenoxy) is 6. The van der Waals surface area contributed by atoms with Gasteiger partial charge in [0.2, 0.25) is 5.24 Å². The minimum atomic E-state index is -0.463. The van der Waals surface area contributed by atoms with Gasteiger partial charge in [0.15, 0.2) is 0 Å². The number of aliphatic hydroxyl groups excluding tert-OH is 2. The molecule has 0 aliphatic heterocycles. The molecule has 11 nitrogen and oxygen atoms in total. The largest absolute Gasteiger partial charge is 0.460 e. The third kappa shape index (κ3) is 31.9. The first kappa shape index (κ1) is 40.4. The molecular weight excluding hydrogens is 524 g/mol. The van der Waals surface area contributed by atoms with Crippen molar-refractivity contribution in [2.24, 2.45) is 0 Å². The van der Waals surface area contributed by atoms with Crippen molar-refractivity contribution in [3.63, 3.8) is 0 Å². The van der Waals surface area contributed by atoms with Crippen LogP contribution in [0.25, 0.3) is 0 Å². The van der Waals surface area contributed by atoms with Gasteiger partial charge in [-0.3, -0.25) is 4.79 Å². The molecule has 2 N–H and O–H groups in total. The van der Waals surface area contributed by atoms with Crippen LogP contribution in [0.4, 0.5) is 0 Å². The van der Waals surface area contributed by atoms with Gasteiger partial charge in [-0.1, -0.05) is 19.7 Å². The summed E-state index contributed by atoms with van der Waals surface area (Å²) in [6.07, 6.45) is -0.168. The number of carbonyl (C=O) groups excluding carboxylic acids is 3. The van der Waals surface area contributed by atoms with Gasteiger partial charge in [-0.2, -0.15) is 0 Å². The Kier molecular flexibility index (Phi) is 29.6. The number of rotatable bonds is 19. The molecule has 0 bridgehead atoms. The summed E-state index contributed by atoms with van der Waals surface area (Å²) in [6, 6.07) is 0. The monoisotopic (exact) mass is 568 g/mol. The van der Waals surface area contributed by atoms with Gasteiger partial charge in [-0.25, -0.2) is 9.59 Å². The fourth-order valence-corrected chi connectivity index (χ4v) is 1.74. The molecule has 0 saturated heterocycles. The van der Waals surface area contributed by atoms with Gasteiger partial charge < -0.3 is 38.6 Å². The first-order valence-corrected chi connectivity index (χ1v) is 12.3. The van der Waals surface area contributed by atoms with Crippen molar-refractivity contribution in [1.29, 1.82) is 0 Å². The summed E-state index contributed by atoms with van der Waals surface area (Å²) >= 11 is 4.87. The summed E-state index contributed by atoms with van der Waals surface area (Å²) in [5, 5.41) is 16.3. The lowest BCUT2D eigenvalue weighted by Gasteiger charge is -2.13. The van der Waals surface area contributed by atoms with Crippen LogP contribution < -0.4 is 0 Å². The molecule has 0 spiro atoms. The highest BCUT2D eigenvalue weighted by Gasteiger charge is 2.06. The second-order valence-corrected chi connectivity index (χ2v) is 8.19. The lowest BCUT2D eigenvalue weighted by Crippen LogP contribution is -2.21. The van der Waals surface area contributed by atoms with Crippen molar-refractivity contribution in [1.82, 2.24) is 0 Å². The molecule has 0 aliphatic carbocycles. The zero-order chi connectivity index (χ0) is 29.9. The standard InChI is InChI=1S/C15H24O6.C7H16O4.C4H5ClO/c1-11(2)14(16)20-7-6-18-10-13(5)19-8-9-21-15(17)12(3)4;1-7(11-5-3-9)6-10-4-2-8;1-3(2)4(5)6/h13H,1,3,6-10H2,2,4-5H3;7-9H,2-6H2,1H3;1H2,2H3. The van der Waals surface area contributed by atoms with Gasteiger partial charge in [0.05, 0.1) is 65.1 Å². The Bertz CT molecular complexity index is 683. The molecule has 0 saturated carbocycles. The quantitative estimate of drug-likeness (QED) is 0.102. The summed E-state index contributed by atoms with van der Waals surface area (Å²) in [7, 11) is 0. The average molecular weight is 569 g/mol. The highest BCUT2D eigenvalue weighted by atomic mass is 35.5. The molecule has 12 heteroatoms. The van der Waals surface area contributed by atoms with E-state index in [0.29, 0.717) is 43.1 Å². The van der Waals surface area contributed by atoms with Gasteiger partial charge in [0.25, 0.3) is 0 Å². The van der Waals surface area contributed by atoms with E-state index in [1.54, 1.807) is 20.8 Å². The van der Waals surface area contributed by atoms with Crippen LogP contribution in [0.2, 0.25) is 0 Å². The molecule has 2 atom stereocenters. The predicted octanol–water partition coefficient (Wildman–Crippen LogP) is 2.37. The van der Waals surface area contributed by atoms with Crippen molar-refractivity contribution in [3.05, 3.63) is 36.5 Å². The molecule has 0 fully saturated rings. The van der Waals surface area contributed by atoms with Crippen LogP contribution in [0.5, 0.6) is 0 Å². The molecular formula is C26H45ClO11. The molecule has 0 rings (SSSR count). The molecule has 0 aromatic heterocycles. The van der Waals surface area contributed by atoms with E-state index in [1.807, 2.05) is 13.8 Å². The van der Waals surface area contributed by atoms with Crippen LogP contribution in [0.3, 0.4) is 0 Å². The maximum absolute atomic E-state index is 11.1. The molecule has 0 aromatic rings. The number of carbonyl (C=O) groups is 3. The van der Waals surface area contributed by atoms with E-state index in [-0.39, 0.29) is 51.8 Å². The van der Waals surface area contributed by atoms with Gasteiger partial charge >= 0.3 is 11.9 Å². The SMILES string of the molecule is C=C(C)C(=O)Cl.C=C(C)C(=O)OCCOCC(C)OCCOC(=O)C(=C)C.CC(COCCO)OCCO. The lowest BCUT2D eigenvalue weighted by molar-refractivity contribution is -0.143. The molecule has 222 valence electrons. The number of allylic oxidation sites excluding steroid dienone is 1. The number of hydrogen-bond donors (Lipinski definition) is 2. The Hall–Kier alpha value is -2.12. The number of halogens is 1. The van der Waals surface area contributed by atoms with E-state index >= 15 is 0 Å². The number of esters is 2. The summed E-state index contributed by atoms with van der Waals surface area (Å²) in [4.78, 5) is 32.0. The van der Waals surface area contributed by atoms with Crippen LogP contribution in [-0.4, -0.2) is 106 Å². The predicted molar refractivity (Wildman–Crippen MR) is 144 cm³/mol. The van der Waals surface area contributed by atoms with Gasteiger partial charge in [0, 0.05) is 16.7 Å². The summed E-state index contributed by atoms with van der Waals surface area (Å²) < 4.78 is 30.5. The van der Waals surface area contributed by atoms with E-state index in [9.17, 15) is 14.4 Å². The normalized spacial score (nSPS) is 11.5.